The molecule has 0 amide bonds. The first-order valence-electron chi connectivity index (χ1n) is 15.4. The Morgan fingerprint density at radius 2 is 0.956 bits per heavy atom. The Kier molecular flexibility index (Phi) is 5.19. The van der Waals surface area contributed by atoms with Crippen LogP contribution in [-0.2, 0) is 0 Å². The highest BCUT2D eigenvalue weighted by molar-refractivity contribution is 7.26. The SMILES string of the molecule is c1ccc(C2=C(c3ccccc3)N2n2c3ccccc3c3c4ccc5sc6c(-c7ccccc7)cccc6c5c4ccc32)cc1. The maximum Gasteiger partial charge on any atom is 0.0973 e. The van der Waals surface area contributed by atoms with Gasteiger partial charge in [0.25, 0.3) is 0 Å². The van der Waals surface area contributed by atoms with Gasteiger partial charge in [0, 0.05) is 42.1 Å². The number of thiophene rings is 1. The van der Waals surface area contributed by atoms with Gasteiger partial charge < -0.3 is 0 Å². The van der Waals surface area contributed by atoms with E-state index in [1.807, 2.05) is 11.3 Å². The maximum absolute atomic E-state index is 2.43. The highest BCUT2D eigenvalue weighted by Crippen LogP contribution is 2.50. The molecule has 3 heteroatoms. The van der Waals surface area contributed by atoms with Crippen molar-refractivity contribution in [2.75, 3.05) is 5.01 Å². The van der Waals surface area contributed by atoms with Gasteiger partial charge in [-0.25, -0.2) is 9.69 Å². The Labute approximate surface area is 264 Å². The van der Waals surface area contributed by atoms with E-state index in [0.717, 1.165) is 0 Å². The van der Waals surface area contributed by atoms with Gasteiger partial charge in [0.05, 0.1) is 22.4 Å². The van der Waals surface area contributed by atoms with Crippen molar-refractivity contribution in [2.45, 2.75) is 0 Å². The van der Waals surface area contributed by atoms with Gasteiger partial charge in [0.1, 0.15) is 0 Å². The van der Waals surface area contributed by atoms with Crippen LogP contribution >= 0.6 is 11.3 Å². The summed E-state index contributed by atoms with van der Waals surface area (Å²) in [4.78, 5) is 0. The predicted molar refractivity (Wildman–Crippen MR) is 193 cm³/mol. The summed E-state index contributed by atoms with van der Waals surface area (Å²) in [6.07, 6.45) is 0. The molecule has 3 heterocycles. The zero-order valence-electron chi connectivity index (χ0n) is 24.3. The van der Waals surface area contributed by atoms with Gasteiger partial charge >= 0.3 is 0 Å². The average molecular weight is 591 g/mol. The number of hydrogen-bond donors (Lipinski definition) is 0. The van der Waals surface area contributed by atoms with Crippen LogP contribution in [0.5, 0.6) is 0 Å². The Hall–Kier alpha value is -5.64. The zero-order chi connectivity index (χ0) is 29.5. The number of rotatable bonds is 4. The molecule has 0 spiro atoms. The van der Waals surface area contributed by atoms with E-state index in [2.05, 4.69) is 167 Å². The van der Waals surface area contributed by atoms with Crippen molar-refractivity contribution >= 4 is 75.5 Å². The summed E-state index contributed by atoms with van der Waals surface area (Å²) >= 11 is 1.90. The molecule has 10 rings (SSSR count). The normalized spacial score (nSPS) is 13.2. The summed E-state index contributed by atoms with van der Waals surface area (Å²) in [7, 11) is 0. The van der Waals surface area contributed by atoms with Crippen molar-refractivity contribution in [3.8, 4) is 11.1 Å². The molecule has 0 saturated carbocycles. The van der Waals surface area contributed by atoms with Crippen LogP contribution in [0.2, 0.25) is 0 Å². The molecular weight excluding hydrogens is 565 g/mol. The fourth-order valence-corrected chi connectivity index (χ4v) is 8.53. The average Bonchev–Trinajstić information content (AvgIpc) is 3.57. The minimum Gasteiger partial charge on any atom is -0.248 e. The van der Waals surface area contributed by atoms with Crippen molar-refractivity contribution < 1.29 is 0 Å². The van der Waals surface area contributed by atoms with Crippen molar-refractivity contribution in [2.24, 2.45) is 0 Å². The molecule has 0 unspecified atom stereocenters. The molecule has 0 N–H and O–H groups in total. The quantitative estimate of drug-likeness (QED) is 0.198. The van der Waals surface area contributed by atoms with Crippen LogP contribution in [-0.4, -0.2) is 4.68 Å². The van der Waals surface area contributed by atoms with Gasteiger partial charge in [0.2, 0.25) is 0 Å². The standard InChI is InChI=1S/C42H26N2S/c1-4-13-27(14-5-1)30-20-12-21-34-39-32-23-25-36-38(31(32)24-26-37(39)45-42(30)34)33-19-10-11-22-35(33)43(36)44-40(28-15-6-2-7-16-28)41(44)29-17-8-3-9-18-29/h1-26H. The fourth-order valence-electron chi connectivity index (χ4n) is 7.28. The van der Waals surface area contributed by atoms with Crippen molar-refractivity contribution in [3.05, 3.63) is 169 Å². The van der Waals surface area contributed by atoms with Crippen molar-refractivity contribution in [3.63, 3.8) is 0 Å². The molecule has 0 bridgehead atoms. The van der Waals surface area contributed by atoms with Crippen LogP contribution in [0.4, 0.5) is 0 Å². The Balaban J connectivity index is 1.25. The molecule has 210 valence electrons. The lowest BCUT2D eigenvalue weighted by Gasteiger charge is -2.14. The number of para-hydroxylation sites is 1. The van der Waals surface area contributed by atoms with Crippen LogP contribution in [0.25, 0.3) is 75.3 Å². The lowest BCUT2D eigenvalue weighted by molar-refractivity contribution is 0.964. The van der Waals surface area contributed by atoms with Gasteiger partial charge in [-0.2, -0.15) is 0 Å². The molecule has 45 heavy (non-hydrogen) atoms. The second-order valence-corrected chi connectivity index (χ2v) is 12.8. The molecule has 2 aromatic heterocycles. The molecule has 1 aliphatic heterocycles. The summed E-state index contributed by atoms with van der Waals surface area (Å²) in [6, 6.07) is 57.3. The van der Waals surface area contributed by atoms with Crippen molar-refractivity contribution in [1.82, 2.24) is 4.68 Å². The van der Waals surface area contributed by atoms with Crippen LogP contribution < -0.4 is 5.01 Å². The van der Waals surface area contributed by atoms with Crippen LogP contribution in [0.3, 0.4) is 0 Å². The molecule has 0 atom stereocenters. The second-order valence-electron chi connectivity index (χ2n) is 11.7. The predicted octanol–water partition coefficient (Wildman–Crippen LogP) is 11.5. The Morgan fingerprint density at radius 1 is 0.378 bits per heavy atom. The van der Waals surface area contributed by atoms with E-state index in [1.54, 1.807) is 0 Å². The second kappa shape index (κ2) is 9.43. The summed E-state index contributed by atoms with van der Waals surface area (Å²) in [5.41, 5.74) is 9.93. The highest BCUT2D eigenvalue weighted by atomic mass is 32.1. The van der Waals surface area contributed by atoms with Crippen LogP contribution in [0.1, 0.15) is 11.1 Å². The van der Waals surface area contributed by atoms with E-state index < -0.39 is 0 Å². The molecule has 1 aliphatic rings. The molecular formula is C42H26N2S. The molecule has 0 radical (unpaired) electrons. The number of aromatic nitrogens is 1. The first-order chi connectivity index (χ1) is 22.4. The van der Waals surface area contributed by atoms with E-state index in [1.165, 1.54) is 86.4 Å². The summed E-state index contributed by atoms with van der Waals surface area (Å²) in [6.45, 7) is 0. The van der Waals surface area contributed by atoms with Crippen LogP contribution in [0.15, 0.2) is 158 Å². The first-order valence-corrected chi connectivity index (χ1v) is 16.2. The third kappa shape index (κ3) is 3.56. The van der Waals surface area contributed by atoms with E-state index in [0.29, 0.717) is 0 Å². The molecule has 0 fully saturated rings. The number of benzene rings is 7. The molecule has 0 saturated heterocycles. The van der Waals surface area contributed by atoms with Gasteiger partial charge in [0.15, 0.2) is 0 Å². The highest BCUT2D eigenvalue weighted by Gasteiger charge is 2.39. The van der Waals surface area contributed by atoms with E-state index >= 15 is 0 Å². The monoisotopic (exact) mass is 590 g/mol. The van der Waals surface area contributed by atoms with E-state index in [-0.39, 0.29) is 0 Å². The number of hydrogen-bond acceptors (Lipinski definition) is 2. The van der Waals surface area contributed by atoms with Gasteiger partial charge in [-0.15, -0.1) is 11.3 Å². The number of fused-ring (bicyclic) bond motifs is 9. The maximum atomic E-state index is 2.43. The van der Waals surface area contributed by atoms with Gasteiger partial charge in [-0.3, -0.25) is 0 Å². The third-order valence-electron chi connectivity index (χ3n) is 9.24. The minimum atomic E-state index is 1.21. The molecule has 9 aromatic rings. The number of nitrogens with zero attached hydrogens (tertiary/aromatic N) is 2. The van der Waals surface area contributed by atoms with Crippen LogP contribution in [0, 0.1) is 0 Å². The zero-order valence-corrected chi connectivity index (χ0v) is 25.1. The summed E-state index contributed by atoms with van der Waals surface area (Å²) in [5.74, 6) is 0. The lowest BCUT2D eigenvalue weighted by Crippen LogP contribution is -2.15. The van der Waals surface area contributed by atoms with E-state index in [4.69, 9.17) is 0 Å². The minimum absolute atomic E-state index is 1.21. The summed E-state index contributed by atoms with van der Waals surface area (Å²) in [5, 5.41) is 10.3. The topological polar surface area (TPSA) is 7.94 Å². The van der Waals surface area contributed by atoms with Crippen molar-refractivity contribution in [1.29, 1.82) is 0 Å². The first kappa shape index (κ1) is 24.8. The lowest BCUT2D eigenvalue weighted by atomic mass is 9.98. The third-order valence-corrected chi connectivity index (χ3v) is 10.4. The molecule has 0 aliphatic carbocycles. The summed E-state index contributed by atoms with van der Waals surface area (Å²) < 4.78 is 5.11. The van der Waals surface area contributed by atoms with Gasteiger partial charge in [-0.05, 0) is 40.1 Å². The Morgan fingerprint density at radius 3 is 1.67 bits per heavy atom. The van der Waals surface area contributed by atoms with E-state index in [9.17, 15) is 0 Å². The molecule has 7 aromatic carbocycles. The smallest absolute Gasteiger partial charge is 0.0973 e. The van der Waals surface area contributed by atoms with Gasteiger partial charge in [-0.1, -0.05) is 140 Å². The fraction of sp³-hybridized carbons (Fsp3) is 0. The molecule has 2 nitrogen and oxygen atoms in total. The Bertz CT molecular complexity index is 2580. The largest absolute Gasteiger partial charge is 0.248 e.